The number of anilines is 1. The summed E-state index contributed by atoms with van der Waals surface area (Å²) < 4.78 is 19.1. The van der Waals surface area contributed by atoms with Crippen molar-refractivity contribution < 1.29 is 23.5 Å². The number of nitrogens with zero attached hydrogens (tertiary/aromatic N) is 1. The monoisotopic (exact) mass is 309 g/mol. The molecule has 1 aliphatic heterocycles. The topological polar surface area (TPSA) is 102 Å². The number of rotatable bonds is 3. The van der Waals surface area contributed by atoms with E-state index in [-0.39, 0.29) is 18.0 Å². The van der Waals surface area contributed by atoms with Crippen LogP contribution in [0.25, 0.3) is 0 Å². The molecule has 2 atom stereocenters. The molecule has 0 spiro atoms. The molecule has 1 heterocycles. The fourth-order valence-electron chi connectivity index (χ4n) is 2.02. The summed E-state index contributed by atoms with van der Waals surface area (Å²) >= 11 is 0. The number of carbonyl (C=O) groups is 3. The Morgan fingerprint density at radius 3 is 2.82 bits per heavy atom. The van der Waals surface area contributed by atoms with E-state index in [0.29, 0.717) is 0 Å². The minimum atomic E-state index is -1.08. The lowest BCUT2D eigenvalue weighted by Crippen LogP contribution is -2.52. The largest absolute Gasteiger partial charge is 0.486 e. The first kappa shape index (κ1) is 15.7. The zero-order valence-electron chi connectivity index (χ0n) is 12.1. The Labute approximate surface area is 126 Å². The molecule has 22 heavy (non-hydrogen) atoms. The molecule has 0 saturated heterocycles. The number of fused-ring (bicyclic) bond motifs is 1. The molecule has 7 nitrogen and oxygen atoms in total. The zero-order chi connectivity index (χ0) is 16.4. The van der Waals surface area contributed by atoms with Crippen LogP contribution in [0.4, 0.5) is 10.1 Å². The number of nitrogens with two attached hydrogens (primary N) is 1. The van der Waals surface area contributed by atoms with Crippen LogP contribution in [0.5, 0.6) is 5.75 Å². The van der Waals surface area contributed by atoms with Crippen molar-refractivity contribution in [1.29, 1.82) is 0 Å². The lowest BCUT2D eigenvalue weighted by atomic mass is 10.1. The number of carbonyl (C=O) groups excluding carboxylic acids is 3. The minimum Gasteiger partial charge on any atom is -0.486 e. The van der Waals surface area contributed by atoms with Crippen molar-refractivity contribution in [3.05, 3.63) is 24.0 Å². The van der Waals surface area contributed by atoms with Crippen LogP contribution in [0.1, 0.15) is 6.92 Å². The number of hydrogen-bond acceptors (Lipinski definition) is 4. The highest BCUT2D eigenvalue weighted by molar-refractivity contribution is 6.04. The van der Waals surface area contributed by atoms with Crippen LogP contribution in [-0.4, -0.2) is 37.4 Å². The van der Waals surface area contributed by atoms with Crippen molar-refractivity contribution in [2.24, 2.45) is 11.7 Å². The molecule has 2 rings (SSSR count). The third kappa shape index (κ3) is 2.85. The van der Waals surface area contributed by atoms with Crippen LogP contribution >= 0.6 is 0 Å². The van der Waals surface area contributed by atoms with Gasteiger partial charge >= 0.3 is 0 Å². The molecule has 1 aromatic rings. The van der Waals surface area contributed by atoms with Crippen LogP contribution in [0, 0.1) is 11.7 Å². The summed E-state index contributed by atoms with van der Waals surface area (Å²) in [4.78, 5) is 36.4. The molecule has 0 bridgehead atoms. The highest BCUT2D eigenvalue weighted by Crippen LogP contribution is 2.32. The van der Waals surface area contributed by atoms with E-state index >= 15 is 0 Å². The first-order valence-electron chi connectivity index (χ1n) is 6.61. The Hall–Kier alpha value is -2.64. The molecule has 0 radical (unpaired) electrons. The van der Waals surface area contributed by atoms with Crippen LogP contribution in [-0.2, 0) is 14.4 Å². The summed E-state index contributed by atoms with van der Waals surface area (Å²) in [6.45, 7) is 1.09. The van der Waals surface area contributed by atoms with E-state index in [2.05, 4.69) is 5.32 Å². The SMILES string of the molecule is CC(C(N)=O)C(=O)N[C@H]1COc2c(F)cccc2N(C)C1=O. The van der Waals surface area contributed by atoms with Gasteiger partial charge in [-0.2, -0.15) is 0 Å². The average Bonchev–Trinajstić information content (AvgIpc) is 2.59. The highest BCUT2D eigenvalue weighted by atomic mass is 19.1. The Bertz CT molecular complexity index is 635. The molecular weight excluding hydrogens is 293 g/mol. The van der Waals surface area contributed by atoms with Gasteiger partial charge in [0, 0.05) is 7.05 Å². The minimum absolute atomic E-state index is 0.0574. The standard InChI is InChI=1S/C14H16FN3O4/c1-7(12(16)19)13(20)17-9-6-22-11-8(15)4-3-5-10(11)18(2)14(9)21/h3-5,7,9H,6H2,1-2H3,(H2,16,19)(H,17,20)/t7?,9-/m0/s1. The molecule has 3 N–H and O–H groups in total. The summed E-state index contributed by atoms with van der Waals surface area (Å²) in [5, 5.41) is 2.40. The van der Waals surface area contributed by atoms with Gasteiger partial charge in [0.15, 0.2) is 11.6 Å². The molecule has 3 amide bonds. The number of hydrogen-bond donors (Lipinski definition) is 2. The molecule has 0 aromatic heterocycles. The van der Waals surface area contributed by atoms with Gasteiger partial charge in [-0.15, -0.1) is 0 Å². The quantitative estimate of drug-likeness (QED) is 0.754. The van der Waals surface area contributed by atoms with Crippen LogP contribution in [0.15, 0.2) is 18.2 Å². The molecule has 0 fully saturated rings. The summed E-state index contributed by atoms with van der Waals surface area (Å²) in [6, 6.07) is 3.17. The number of primary amides is 1. The lowest BCUT2D eigenvalue weighted by molar-refractivity contribution is -0.135. The number of amides is 3. The second-order valence-electron chi connectivity index (χ2n) is 4.98. The van der Waals surface area contributed by atoms with E-state index in [0.717, 1.165) is 0 Å². The number of benzene rings is 1. The number of nitrogens with one attached hydrogen (secondary N) is 1. The van der Waals surface area contributed by atoms with Crippen molar-refractivity contribution in [2.45, 2.75) is 13.0 Å². The van der Waals surface area contributed by atoms with Gasteiger partial charge in [-0.3, -0.25) is 14.4 Å². The molecule has 118 valence electrons. The third-order valence-corrected chi connectivity index (χ3v) is 3.47. The summed E-state index contributed by atoms with van der Waals surface area (Å²) in [6.07, 6.45) is 0. The molecule has 1 aromatic carbocycles. The maximum atomic E-state index is 13.8. The smallest absolute Gasteiger partial charge is 0.252 e. The van der Waals surface area contributed by atoms with Crippen molar-refractivity contribution >= 4 is 23.4 Å². The van der Waals surface area contributed by atoms with Crippen LogP contribution < -0.4 is 20.7 Å². The lowest BCUT2D eigenvalue weighted by Gasteiger charge is -2.21. The molecule has 0 aliphatic carbocycles. The van der Waals surface area contributed by atoms with Gasteiger partial charge in [-0.05, 0) is 19.1 Å². The third-order valence-electron chi connectivity index (χ3n) is 3.47. The predicted molar refractivity (Wildman–Crippen MR) is 75.6 cm³/mol. The fraction of sp³-hybridized carbons (Fsp3) is 0.357. The van der Waals surface area contributed by atoms with E-state index < -0.39 is 35.5 Å². The average molecular weight is 309 g/mol. The van der Waals surface area contributed by atoms with Crippen molar-refractivity contribution in [3.63, 3.8) is 0 Å². The van der Waals surface area contributed by atoms with Crippen molar-refractivity contribution in [3.8, 4) is 5.75 Å². The number of ether oxygens (including phenoxy) is 1. The summed E-state index contributed by atoms with van der Waals surface area (Å²) in [7, 11) is 1.45. The van der Waals surface area contributed by atoms with E-state index in [4.69, 9.17) is 10.5 Å². The van der Waals surface area contributed by atoms with Crippen molar-refractivity contribution in [2.75, 3.05) is 18.6 Å². The van der Waals surface area contributed by atoms with Gasteiger partial charge < -0.3 is 20.7 Å². The maximum Gasteiger partial charge on any atom is 0.252 e. The Kier molecular flexibility index (Phi) is 4.30. The summed E-state index contributed by atoms with van der Waals surface area (Å²) in [5.41, 5.74) is 5.32. The molecule has 1 aliphatic rings. The molecule has 8 heteroatoms. The van der Waals surface area contributed by atoms with Crippen LogP contribution in [0.2, 0.25) is 0 Å². The highest BCUT2D eigenvalue weighted by Gasteiger charge is 2.33. The van der Waals surface area contributed by atoms with Gasteiger partial charge in [0.1, 0.15) is 18.6 Å². The van der Waals surface area contributed by atoms with Gasteiger partial charge in [0.25, 0.3) is 5.91 Å². The van der Waals surface area contributed by atoms with E-state index in [1.165, 1.54) is 37.1 Å². The Morgan fingerprint density at radius 2 is 2.18 bits per heavy atom. The fourth-order valence-corrected chi connectivity index (χ4v) is 2.02. The number of para-hydroxylation sites is 1. The van der Waals surface area contributed by atoms with Crippen LogP contribution in [0.3, 0.4) is 0 Å². The Morgan fingerprint density at radius 1 is 1.50 bits per heavy atom. The normalized spacial score (nSPS) is 18.8. The summed E-state index contributed by atoms with van der Waals surface area (Å²) in [5.74, 6) is -3.71. The zero-order valence-corrected chi connectivity index (χ0v) is 12.1. The number of halogens is 1. The van der Waals surface area contributed by atoms with Gasteiger partial charge in [0.2, 0.25) is 11.8 Å². The number of likely N-dealkylation sites (N-methyl/N-ethyl adjacent to an activating group) is 1. The van der Waals surface area contributed by atoms with Gasteiger partial charge in [-0.1, -0.05) is 6.07 Å². The second-order valence-corrected chi connectivity index (χ2v) is 4.98. The molecule has 0 saturated carbocycles. The molecular formula is C14H16FN3O4. The van der Waals surface area contributed by atoms with E-state index in [1.54, 1.807) is 0 Å². The molecule has 1 unspecified atom stereocenters. The van der Waals surface area contributed by atoms with Crippen molar-refractivity contribution in [1.82, 2.24) is 5.32 Å². The predicted octanol–water partition coefficient (Wildman–Crippen LogP) is -0.213. The van der Waals surface area contributed by atoms with E-state index in [9.17, 15) is 18.8 Å². The Balaban J connectivity index is 2.22. The maximum absolute atomic E-state index is 13.8. The van der Waals surface area contributed by atoms with E-state index in [1.807, 2.05) is 0 Å². The van der Waals surface area contributed by atoms with Gasteiger partial charge in [-0.25, -0.2) is 4.39 Å². The first-order valence-corrected chi connectivity index (χ1v) is 6.61. The second kappa shape index (κ2) is 6.00. The first-order chi connectivity index (χ1) is 10.3. The van der Waals surface area contributed by atoms with Gasteiger partial charge in [0.05, 0.1) is 5.69 Å².